The number of thioether (sulfide) groups is 1. The first-order valence-electron chi connectivity index (χ1n) is 9.75. The van der Waals surface area contributed by atoms with E-state index in [-0.39, 0.29) is 17.2 Å². The largest absolute Gasteiger partial charge is 0.497 e. The summed E-state index contributed by atoms with van der Waals surface area (Å²) in [5.41, 5.74) is 2.15. The number of benzene rings is 3. The van der Waals surface area contributed by atoms with Gasteiger partial charge in [0, 0.05) is 6.54 Å². The molecular weight excluding hydrogens is 410 g/mol. The number of methoxy groups -OCH3 is 1. The number of rotatable bonds is 7. The Morgan fingerprint density at radius 1 is 1.00 bits per heavy atom. The third kappa shape index (κ3) is 4.78. The van der Waals surface area contributed by atoms with Gasteiger partial charge in [0.2, 0.25) is 5.91 Å². The smallest absolute Gasteiger partial charge is 0.266 e. The van der Waals surface area contributed by atoms with Crippen LogP contribution in [0.5, 0.6) is 5.75 Å². The fourth-order valence-corrected chi connectivity index (χ4v) is 3.98. The lowest BCUT2D eigenvalue weighted by molar-refractivity contribution is -0.118. The number of amides is 1. The van der Waals surface area contributed by atoms with Crippen molar-refractivity contribution in [1.82, 2.24) is 14.9 Å². The Labute approximate surface area is 183 Å². The molecule has 0 aliphatic rings. The Morgan fingerprint density at radius 2 is 1.71 bits per heavy atom. The standard InChI is InChI=1S/C24H21N3O3S/c1-30-19-13-11-17(12-14-19)15-25-22(28)16-31-24-26-21-10-6-5-9-20(21)23(29)27(24)18-7-3-2-4-8-18/h2-14H,15-16H2,1H3,(H,25,28). The van der Waals surface area contributed by atoms with Gasteiger partial charge in [-0.05, 0) is 42.0 Å². The van der Waals surface area contributed by atoms with Crippen molar-refractivity contribution < 1.29 is 9.53 Å². The number of hydrogen-bond acceptors (Lipinski definition) is 5. The van der Waals surface area contributed by atoms with Crippen LogP contribution in [0.25, 0.3) is 16.6 Å². The van der Waals surface area contributed by atoms with Crippen molar-refractivity contribution in [1.29, 1.82) is 0 Å². The van der Waals surface area contributed by atoms with E-state index in [1.807, 2.05) is 66.7 Å². The summed E-state index contributed by atoms with van der Waals surface area (Å²) >= 11 is 1.24. The van der Waals surface area contributed by atoms with Crippen molar-refractivity contribution in [2.75, 3.05) is 12.9 Å². The summed E-state index contributed by atoms with van der Waals surface area (Å²) in [5.74, 6) is 0.781. The van der Waals surface area contributed by atoms with Crippen LogP contribution in [0.15, 0.2) is 88.8 Å². The first-order chi connectivity index (χ1) is 15.2. The summed E-state index contributed by atoms with van der Waals surface area (Å²) < 4.78 is 6.70. The molecule has 0 spiro atoms. The second-order valence-electron chi connectivity index (χ2n) is 6.80. The van der Waals surface area contributed by atoms with Gasteiger partial charge in [-0.1, -0.05) is 54.2 Å². The van der Waals surface area contributed by atoms with E-state index in [2.05, 4.69) is 10.3 Å². The summed E-state index contributed by atoms with van der Waals surface area (Å²) in [4.78, 5) is 30.2. The van der Waals surface area contributed by atoms with Gasteiger partial charge in [0.25, 0.3) is 5.56 Å². The lowest BCUT2D eigenvalue weighted by Crippen LogP contribution is -2.26. The third-order valence-corrected chi connectivity index (χ3v) is 5.68. The lowest BCUT2D eigenvalue weighted by Gasteiger charge is -2.13. The van der Waals surface area contributed by atoms with Gasteiger partial charge in [-0.25, -0.2) is 4.98 Å². The molecule has 0 aliphatic carbocycles. The number of aromatic nitrogens is 2. The molecule has 6 nitrogen and oxygen atoms in total. The van der Waals surface area contributed by atoms with Gasteiger partial charge in [0.05, 0.1) is 29.5 Å². The molecule has 0 saturated heterocycles. The number of nitrogens with zero attached hydrogens (tertiary/aromatic N) is 2. The van der Waals surface area contributed by atoms with Crippen LogP contribution >= 0.6 is 11.8 Å². The molecule has 1 N–H and O–H groups in total. The molecule has 31 heavy (non-hydrogen) atoms. The van der Waals surface area contributed by atoms with Crippen LogP contribution in [0, 0.1) is 0 Å². The van der Waals surface area contributed by atoms with Crippen molar-refractivity contribution in [2.45, 2.75) is 11.7 Å². The molecule has 0 bridgehead atoms. The first-order valence-corrected chi connectivity index (χ1v) is 10.7. The molecule has 1 aromatic heterocycles. The van der Waals surface area contributed by atoms with Gasteiger partial charge in [-0.3, -0.25) is 14.2 Å². The minimum absolute atomic E-state index is 0.136. The zero-order chi connectivity index (χ0) is 21.6. The van der Waals surface area contributed by atoms with Crippen molar-refractivity contribution in [3.05, 3.63) is 94.8 Å². The molecule has 0 atom stereocenters. The molecule has 3 aromatic carbocycles. The first kappa shape index (κ1) is 20.7. The van der Waals surface area contributed by atoms with Crippen LogP contribution in [0.1, 0.15) is 5.56 Å². The van der Waals surface area contributed by atoms with Gasteiger partial charge in [0.1, 0.15) is 5.75 Å². The van der Waals surface area contributed by atoms with Crippen molar-refractivity contribution in [3.63, 3.8) is 0 Å². The van der Waals surface area contributed by atoms with Crippen LogP contribution in [0.4, 0.5) is 0 Å². The minimum atomic E-state index is -0.155. The molecule has 156 valence electrons. The van der Waals surface area contributed by atoms with Crippen molar-refractivity contribution in [3.8, 4) is 11.4 Å². The van der Waals surface area contributed by atoms with E-state index in [9.17, 15) is 9.59 Å². The molecule has 0 saturated carbocycles. The van der Waals surface area contributed by atoms with Crippen molar-refractivity contribution in [2.24, 2.45) is 0 Å². The Hall–Kier alpha value is -3.58. The number of hydrogen-bond donors (Lipinski definition) is 1. The van der Waals surface area contributed by atoms with E-state index in [1.54, 1.807) is 23.8 Å². The van der Waals surface area contributed by atoms with E-state index in [1.165, 1.54) is 11.8 Å². The summed E-state index contributed by atoms with van der Waals surface area (Å²) in [6.45, 7) is 0.417. The minimum Gasteiger partial charge on any atom is -0.497 e. The Balaban J connectivity index is 1.53. The predicted molar refractivity (Wildman–Crippen MR) is 123 cm³/mol. The molecule has 0 radical (unpaired) electrons. The molecule has 1 heterocycles. The highest BCUT2D eigenvalue weighted by molar-refractivity contribution is 7.99. The van der Waals surface area contributed by atoms with Crippen LogP contribution in [0.2, 0.25) is 0 Å². The van der Waals surface area contributed by atoms with Gasteiger partial charge in [-0.15, -0.1) is 0 Å². The van der Waals surface area contributed by atoms with E-state index < -0.39 is 0 Å². The van der Waals surface area contributed by atoms with Crippen LogP contribution < -0.4 is 15.6 Å². The second kappa shape index (κ2) is 9.49. The average Bonchev–Trinajstić information content (AvgIpc) is 2.82. The quantitative estimate of drug-likeness (QED) is 0.356. The van der Waals surface area contributed by atoms with Crippen LogP contribution in [-0.4, -0.2) is 28.3 Å². The zero-order valence-corrected chi connectivity index (χ0v) is 17.8. The summed E-state index contributed by atoms with van der Waals surface area (Å²) in [6, 6.07) is 24.1. The monoisotopic (exact) mass is 431 g/mol. The number of para-hydroxylation sites is 2. The van der Waals surface area contributed by atoms with E-state index in [4.69, 9.17) is 4.74 Å². The van der Waals surface area contributed by atoms with Gasteiger partial charge >= 0.3 is 0 Å². The normalized spacial score (nSPS) is 10.7. The fourth-order valence-electron chi connectivity index (χ4n) is 3.14. The second-order valence-corrected chi connectivity index (χ2v) is 7.74. The van der Waals surface area contributed by atoms with Gasteiger partial charge in [0.15, 0.2) is 5.16 Å². The number of carbonyl (C=O) groups is 1. The highest BCUT2D eigenvalue weighted by Gasteiger charge is 2.14. The fraction of sp³-hybridized carbons (Fsp3) is 0.125. The highest BCUT2D eigenvalue weighted by Crippen LogP contribution is 2.21. The molecule has 0 fully saturated rings. The summed E-state index contributed by atoms with van der Waals surface area (Å²) in [5, 5.41) is 3.92. The predicted octanol–water partition coefficient (Wildman–Crippen LogP) is 3.80. The average molecular weight is 432 g/mol. The van der Waals surface area contributed by atoms with Crippen LogP contribution in [-0.2, 0) is 11.3 Å². The molecular formula is C24H21N3O3S. The van der Waals surface area contributed by atoms with E-state index in [0.29, 0.717) is 28.3 Å². The molecule has 4 rings (SSSR count). The Morgan fingerprint density at radius 3 is 2.45 bits per heavy atom. The molecule has 0 aliphatic heterocycles. The SMILES string of the molecule is COc1ccc(CNC(=O)CSc2nc3ccccc3c(=O)n2-c2ccccc2)cc1. The number of fused-ring (bicyclic) bond motifs is 1. The van der Waals surface area contributed by atoms with Crippen molar-refractivity contribution >= 4 is 28.6 Å². The summed E-state index contributed by atoms with van der Waals surface area (Å²) in [7, 11) is 1.61. The molecule has 7 heteroatoms. The Bertz CT molecular complexity index is 1250. The maximum Gasteiger partial charge on any atom is 0.266 e. The zero-order valence-electron chi connectivity index (χ0n) is 16.9. The van der Waals surface area contributed by atoms with E-state index >= 15 is 0 Å². The number of nitrogens with one attached hydrogen (secondary N) is 1. The maximum absolute atomic E-state index is 13.2. The maximum atomic E-state index is 13.2. The van der Waals surface area contributed by atoms with Gasteiger partial charge < -0.3 is 10.1 Å². The third-order valence-electron chi connectivity index (χ3n) is 4.74. The Kier molecular flexibility index (Phi) is 6.33. The lowest BCUT2D eigenvalue weighted by atomic mass is 10.2. The number of carbonyl (C=O) groups excluding carboxylic acids is 1. The molecule has 4 aromatic rings. The topological polar surface area (TPSA) is 73.2 Å². The van der Waals surface area contributed by atoms with E-state index in [0.717, 1.165) is 11.3 Å². The molecule has 1 amide bonds. The number of ether oxygens (including phenoxy) is 1. The van der Waals surface area contributed by atoms with Crippen LogP contribution in [0.3, 0.4) is 0 Å². The highest BCUT2D eigenvalue weighted by atomic mass is 32.2. The van der Waals surface area contributed by atoms with Gasteiger partial charge in [-0.2, -0.15) is 0 Å². The summed E-state index contributed by atoms with van der Waals surface area (Å²) in [6.07, 6.45) is 0. The molecule has 0 unspecified atom stereocenters.